The number of hydrogen-bond donors (Lipinski definition) is 1. The van der Waals surface area contributed by atoms with E-state index in [1.807, 2.05) is 6.07 Å². The molecule has 0 spiro atoms. The second kappa shape index (κ2) is 12.7. The first-order chi connectivity index (χ1) is 19.5. The van der Waals surface area contributed by atoms with Crippen LogP contribution in [-0.2, 0) is 35.3 Å². The predicted octanol–water partition coefficient (Wildman–Crippen LogP) is 4.73. The van der Waals surface area contributed by atoms with Crippen molar-refractivity contribution in [1.82, 2.24) is 0 Å². The highest BCUT2D eigenvalue weighted by atomic mass is 28.3. The number of rotatable bonds is 13. The van der Waals surface area contributed by atoms with Crippen LogP contribution in [0.25, 0.3) is 0 Å². The van der Waals surface area contributed by atoms with Gasteiger partial charge >= 0.3 is 17.9 Å². The molecule has 1 N–H and O–H groups in total. The molecule has 5 rings (SSSR count). The van der Waals surface area contributed by atoms with Gasteiger partial charge in [0, 0.05) is 20.4 Å². The fraction of sp³-hybridized carbons (Fsp3) is 0.419. The van der Waals surface area contributed by atoms with Gasteiger partial charge in [-0.1, -0.05) is 50.5 Å². The van der Waals surface area contributed by atoms with Crippen molar-refractivity contribution in [2.75, 3.05) is 19.8 Å². The van der Waals surface area contributed by atoms with Gasteiger partial charge in [-0.3, -0.25) is 14.4 Å². The van der Waals surface area contributed by atoms with Gasteiger partial charge in [-0.25, -0.2) is 4.79 Å². The van der Waals surface area contributed by atoms with Crippen molar-refractivity contribution in [2.45, 2.75) is 50.5 Å². The maximum atomic E-state index is 13.4. The Morgan fingerprint density at radius 1 is 0.951 bits per heavy atom. The maximum Gasteiger partial charge on any atom is 0.341 e. The topological polar surface area (TPSA) is 125 Å². The third-order valence-corrected chi connectivity index (χ3v) is 9.12. The van der Waals surface area contributed by atoms with E-state index in [0.717, 1.165) is 17.2 Å². The lowest BCUT2D eigenvalue weighted by Gasteiger charge is -2.46. The molecule has 1 fully saturated rings. The number of fused-ring (bicyclic) bond motifs is 2. The number of carbonyl (C=O) groups excluding carboxylic acids is 3. The van der Waals surface area contributed by atoms with E-state index in [1.54, 1.807) is 36.4 Å². The second-order valence-electron chi connectivity index (χ2n) is 11.6. The van der Waals surface area contributed by atoms with Crippen LogP contribution in [-0.4, -0.2) is 56.7 Å². The molecule has 0 saturated heterocycles. The third kappa shape index (κ3) is 7.24. The Labute approximate surface area is 240 Å². The Morgan fingerprint density at radius 2 is 1.63 bits per heavy atom. The highest BCUT2D eigenvalue weighted by Crippen LogP contribution is 2.55. The highest BCUT2D eigenvalue weighted by molar-refractivity contribution is 6.76. The molecule has 3 aliphatic rings. The number of carbonyl (C=O) groups is 4. The number of aliphatic carboxylic acids is 1. The number of carboxylic acid groups (broad SMARTS) is 1. The number of Topliss-reactive ketones (excluding diaryl/α,β-unsaturated/α-hetero) is 1. The Bertz CT molecular complexity index is 1310. The minimum absolute atomic E-state index is 0.0194. The van der Waals surface area contributed by atoms with E-state index in [-0.39, 0.29) is 32.0 Å². The summed E-state index contributed by atoms with van der Waals surface area (Å²) in [5.41, 5.74) is 2.35. The van der Waals surface area contributed by atoms with Crippen molar-refractivity contribution in [3.8, 4) is 11.5 Å². The molecule has 4 atom stereocenters. The van der Waals surface area contributed by atoms with Crippen LogP contribution in [0.4, 0.5) is 0 Å². The number of ether oxygens (including phenoxy) is 4. The molecular formula is C31H36O9Si. The van der Waals surface area contributed by atoms with E-state index in [2.05, 4.69) is 26.2 Å². The standard InChI is InChI=1S/C31H36O9Si/c1-5-12-37-31(36)29-27-23-15-21(39-17-19-6-8-20(9-7-19)40-18-26(33)34)10-11-22(23)24(16-25(27)32)28(29)30(35)38-13-14-41(2,3)4/h5-11,15,24,27-29H,1,12-14,16-18H2,2-4H3,(H,33,34)/t24?,27?,28-,29-/m1/s1. The third-order valence-electron chi connectivity index (χ3n) is 7.42. The van der Waals surface area contributed by atoms with E-state index in [1.165, 1.54) is 6.08 Å². The van der Waals surface area contributed by atoms with Crippen molar-refractivity contribution in [1.29, 1.82) is 0 Å². The highest BCUT2D eigenvalue weighted by Gasteiger charge is 2.57. The fourth-order valence-corrected chi connectivity index (χ4v) is 6.14. The van der Waals surface area contributed by atoms with Crippen LogP contribution in [0.5, 0.6) is 11.5 Å². The molecule has 9 nitrogen and oxygen atoms in total. The molecule has 0 heterocycles. The summed E-state index contributed by atoms with van der Waals surface area (Å²) in [7, 11) is -1.44. The van der Waals surface area contributed by atoms with Gasteiger partial charge in [-0.15, -0.1) is 0 Å². The SMILES string of the molecule is C=CCOC(=O)[C@@H]1C2C(=O)CC(c3ccc(OCc4ccc(OCC(=O)O)cc4)cc32)[C@H]1C(=O)OCC[Si](C)(C)C. The minimum Gasteiger partial charge on any atom is -0.489 e. The van der Waals surface area contributed by atoms with Crippen LogP contribution in [0.15, 0.2) is 55.1 Å². The molecule has 3 aliphatic carbocycles. The summed E-state index contributed by atoms with van der Waals surface area (Å²) in [5, 5.41) is 8.75. The average Bonchev–Trinajstić information content (AvgIpc) is 2.93. The molecule has 0 amide bonds. The maximum absolute atomic E-state index is 13.4. The largest absolute Gasteiger partial charge is 0.489 e. The molecule has 10 heteroatoms. The minimum atomic E-state index is -1.44. The van der Waals surface area contributed by atoms with Crippen LogP contribution < -0.4 is 9.47 Å². The van der Waals surface area contributed by atoms with Gasteiger partial charge in [-0.05, 0) is 47.0 Å². The Kier molecular flexibility index (Phi) is 9.32. The first-order valence-electron chi connectivity index (χ1n) is 13.7. The summed E-state index contributed by atoms with van der Waals surface area (Å²) in [4.78, 5) is 50.6. The number of benzene rings is 2. The summed E-state index contributed by atoms with van der Waals surface area (Å²) in [6, 6.07) is 13.1. The first kappa shape index (κ1) is 30.0. The van der Waals surface area contributed by atoms with Crippen molar-refractivity contribution in [2.24, 2.45) is 11.8 Å². The van der Waals surface area contributed by atoms with Crippen LogP contribution >= 0.6 is 0 Å². The Morgan fingerprint density at radius 3 is 2.29 bits per heavy atom. The molecule has 0 aliphatic heterocycles. The van der Waals surface area contributed by atoms with E-state index in [0.29, 0.717) is 17.1 Å². The second-order valence-corrected chi connectivity index (χ2v) is 17.2. The molecule has 1 saturated carbocycles. The molecule has 2 unspecified atom stereocenters. The zero-order valence-corrected chi connectivity index (χ0v) is 24.6. The normalized spacial score (nSPS) is 21.0. The molecule has 2 bridgehead atoms. The van der Waals surface area contributed by atoms with Gasteiger partial charge in [0.05, 0.1) is 24.4 Å². The lowest BCUT2D eigenvalue weighted by molar-refractivity contribution is -0.166. The van der Waals surface area contributed by atoms with E-state index < -0.39 is 56.3 Å². The van der Waals surface area contributed by atoms with Crippen LogP contribution in [0.1, 0.15) is 34.9 Å². The van der Waals surface area contributed by atoms with Gasteiger partial charge < -0.3 is 24.1 Å². The predicted molar refractivity (Wildman–Crippen MR) is 153 cm³/mol. The van der Waals surface area contributed by atoms with Crippen LogP contribution in [0.2, 0.25) is 25.7 Å². The van der Waals surface area contributed by atoms with Gasteiger partial charge in [0.2, 0.25) is 0 Å². The molecular weight excluding hydrogens is 544 g/mol. The molecule has 2 aromatic carbocycles. The molecule has 0 radical (unpaired) electrons. The van der Waals surface area contributed by atoms with Crippen molar-refractivity contribution in [3.63, 3.8) is 0 Å². The summed E-state index contributed by atoms with van der Waals surface area (Å²) in [5.74, 6) is -4.41. The fourth-order valence-electron chi connectivity index (χ4n) is 5.43. The summed E-state index contributed by atoms with van der Waals surface area (Å²) >= 11 is 0. The van der Waals surface area contributed by atoms with Gasteiger partial charge in [0.1, 0.15) is 30.5 Å². The number of hydrogen-bond acceptors (Lipinski definition) is 8. The Hall–Kier alpha value is -3.92. The summed E-state index contributed by atoms with van der Waals surface area (Å²) in [6.07, 6.45) is 1.61. The van der Waals surface area contributed by atoms with E-state index >= 15 is 0 Å². The van der Waals surface area contributed by atoms with Gasteiger partial charge in [-0.2, -0.15) is 0 Å². The quantitative estimate of drug-likeness (QED) is 0.203. The summed E-state index contributed by atoms with van der Waals surface area (Å²) < 4.78 is 22.2. The van der Waals surface area contributed by atoms with Crippen molar-refractivity contribution >= 4 is 31.8 Å². The lowest BCUT2D eigenvalue weighted by atomic mass is 9.55. The molecule has 0 aromatic heterocycles. The summed E-state index contributed by atoms with van der Waals surface area (Å²) in [6.45, 7) is 10.2. The zero-order chi connectivity index (χ0) is 29.7. The van der Waals surface area contributed by atoms with Gasteiger partial charge in [0.15, 0.2) is 6.61 Å². The number of carboxylic acids is 1. The van der Waals surface area contributed by atoms with Crippen LogP contribution in [0, 0.1) is 11.8 Å². The smallest absolute Gasteiger partial charge is 0.341 e. The zero-order valence-electron chi connectivity index (χ0n) is 23.6. The average molecular weight is 581 g/mol. The monoisotopic (exact) mass is 580 g/mol. The molecule has 2 aromatic rings. The Balaban J connectivity index is 1.55. The number of ketones is 1. The lowest BCUT2D eigenvalue weighted by Crippen LogP contribution is -2.50. The van der Waals surface area contributed by atoms with Crippen molar-refractivity contribution in [3.05, 3.63) is 71.8 Å². The van der Waals surface area contributed by atoms with Gasteiger partial charge in [0.25, 0.3) is 0 Å². The van der Waals surface area contributed by atoms with Crippen LogP contribution in [0.3, 0.4) is 0 Å². The molecule has 41 heavy (non-hydrogen) atoms. The van der Waals surface area contributed by atoms with E-state index in [4.69, 9.17) is 24.1 Å². The molecule has 218 valence electrons. The first-order valence-corrected chi connectivity index (χ1v) is 17.4. The van der Waals surface area contributed by atoms with Crippen molar-refractivity contribution < 1.29 is 43.2 Å². The van der Waals surface area contributed by atoms with E-state index in [9.17, 15) is 19.2 Å². The number of esters is 2.